The SMILES string of the molecule is COCCCN(C[C@]1(O)CC[C@H]2[C@]34C=C[C@@]5(C=C3C(=O)c3ccc(F)c(F)c3)CC(O)CC[C@]5(C)[C@H]4CC[C@@]21C)C(=O)[C@@]12CC[C@@](C)(C(=O)O1)C2(C)C. The molecular weight excluding hydrogens is 680 g/mol. The van der Waals surface area contributed by atoms with Gasteiger partial charge in [0.1, 0.15) is 0 Å². The number of hydrogen-bond donors (Lipinski definition) is 2. The molecule has 9 rings (SSSR count). The molecule has 0 radical (unpaired) electrons. The molecule has 8 nitrogen and oxygen atoms in total. The van der Waals surface area contributed by atoms with Crippen molar-refractivity contribution in [3.63, 3.8) is 0 Å². The number of aliphatic hydroxyl groups is 2. The maximum absolute atomic E-state index is 14.9. The predicted octanol–water partition coefficient (Wildman–Crippen LogP) is 6.73. The van der Waals surface area contributed by atoms with Crippen molar-refractivity contribution in [2.45, 2.75) is 116 Å². The summed E-state index contributed by atoms with van der Waals surface area (Å²) in [5.41, 5.74) is -5.98. The van der Waals surface area contributed by atoms with Crippen LogP contribution in [0.15, 0.2) is 42.0 Å². The number of Topliss-reactive ketones (excluding diaryl/α,β-unsaturated/α-hetero) is 1. The molecule has 0 aromatic heterocycles. The zero-order chi connectivity index (χ0) is 38.2. The van der Waals surface area contributed by atoms with Crippen molar-refractivity contribution < 1.29 is 42.9 Å². The van der Waals surface area contributed by atoms with Gasteiger partial charge in [0, 0.05) is 53.1 Å². The van der Waals surface area contributed by atoms with E-state index < -0.39 is 56.0 Å². The molecule has 1 saturated heterocycles. The standard InChI is InChI=1S/C43H55F2NO7/c1-36(2)39(5)16-19-43(36,53-35(39)50)34(49)46(20-7-21-52-6)25-41(51)15-12-32-38(41,4)14-11-31-37(3)13-10-27(47)23-40(37)17-18-42(31,32)28(24-40)33(48)26-8-9-29(44)30(45)22-26/h8-9,17-18,22,24,27,31-32,47,51H,7,10-16,19-21,23,25H2,1-6H3/t27?,31-,32-,37-,38+,39+,40+,41-,42-,43-/m1/s1. The third-order valence-electron chi connectivity index (χ3n) is 17.1. The summed E-state index contributed by atoms with van der Waals surface area (Å²) in [6, 6.07) is 3.31. The number of halogens is 2. The summed E-state index contributed by atoms with van der Waals surface area (Å²) in [6.07, 6.45) is 11.7. The molecular formula is C43H55F2NO7. The van der Waals surface area contributed by atoms with Crippen LogP contribution in [0, 0.1) is 56.0 Å². The van der Waals surface area contributed by atoms with Crippen LogP contribution >= 0.6 is 0 Å². The van der Waals surface area contributed by atoms with Crippen molar-refractivity contribution in [3.8, 4) is 0 Å². The quantitative estimate of drug-likeness (QED) is 0.125. The molecule has 2 N–H and O–H groups in total. The van der Waals surface area contributed by atoms with E-state index in [1.165, 1.54) is 6.07 Å². The van der Waals surface area contributed by atoms with Crippen LogP contribution in [0.25, 0.3) is 0 Å². The van der Waals surface area contributed by atoms with Crippen LogP contribution in [0.1, 0.15) is 109 Å². The number of ketones is 1. The fraction of sp³-hybridized carbons (Fsp3) is 0.698. The van der Waals surface area contributed by atoms with Crippen LogP contribution < -0.4 is 0 Å². The summed E-state index contributed by atoms with van der Waals surface area (Å²) in [7, 11) is 1.61. The maximum Gasteiger partial charge on any atom is 0.313 e. The first-order chi connectivity index (χ1) is 24.8. The van der Waals surface area contributed by atoms with Gasteiger partial charge in [-0.1, -0.05) is 45.9 Å². The second-order valence-corrected chi connectivity index (χ2v) is 19.0. The molecule has 7 aliphatic carbocycles. The van der Waals surface area contributed by atoms with Crippen molar-refractivity contribution in [3.05, 3.63) is 59.2 Å². The molecule has 1 aromatic rings. The van der Waals surface area contributed by atoms with E-state index in [1.807, 2.05) is 26.8 Å². The molecule has 288 valence electrons. The summed E-state index contributed by atoms with van der Waals surface area (Å²) < 4.78 is 40.2. The second-order valence-electron chi connectivity index (χ2n) is 19.0. The van der Waals surface area contributed by atoms with Crippen molar-refractivity contribution in [1.29, 1.82) is 0 Å². The Balaban J connectivity index is 1.20. The number of ether oxygens (including phenoxy) is 2. The number of nitrogens with zero attached hydrogens (tertiary/aromatic N) is 1. The zero-order valence-electron chi connectivity index (χ0n) is 32.0. The summed E-state index contributed by atoms with van der Waals surface area (Å²) in [6.45, 7) is 10.9. The second kappa shape index (κ2) is 11.5. The molecule has 10 atom stereocenters. The van der Waals surface area contributed by atoms with E-state index in [9.17, 15) is 33.4 Å². The highest BCUT2D eigenvalue weighted by Gasteiger charge is 2.78. The molecule has 5 fully saturated rings. The molecule has 4 bridgehead atoms. The van der Waals surface area contributed by atoms with Gasteiger partial charge in [-0.05, 0) is 107 Å². The van der Waals surface area contributed by atoms with Crippen molar-refractivity contribution in [1.82, 2.24) is 4.90 Å². The van der Waals surface area contributed by atoms with Gasteiger partial charge in [-0.2, -0.15) is 0 Å². The average Bonchev–Trinajstić information content (AvgIpc) is 3.56. The van der Waals surface area contributed by atoms with E-state index in [-0.39, 0.29) is 47.0 Å². The molecule has 1 heterocycles. The summed E-state index contributed by atoms with van der Waals surface area (Å²) in [5.74, 6) is -3.29. The third kappa shape index (κ3) is 4.40. The number of carbonyl (C=O) groups excluding carboxylic acids is 3. The number of allylic oxidation sites excluding steroid dienone is 4. The number of methoxy groups -OCH3 is 1. The highest BCUT2D eigenvalue weighted by molar-refractivity contribution is 6.10. The lowest BCUT2D eigenvalue weighted by Crippen LogP contribution is -2.68. The molecule has 10 heteroatoms. The van der Waals surface area contributed by atoms with Gasteiger partial charge in [-0.25, -0.2) is 8.78 Å². The fourth-order valence-corrected chi connectivity index (χ4v) is 13.3. The van der Waals surface area contributed by atoms with E-state index in [0.29, 0.717) is 76.5 Å². The molecule has 4 saturated carbocycles. The van der Waals surface area contributed by atoms with Crippen molar-refractivity contribution >= 4 is 17.7 Å². The Morgan fingerprint density at radius 2 is 1.64 bits per heavy atom. The normalized spacial score (nSPS) is 44.2. The summed E-state index contributed by atoms with van der Waals surface area (Å²) in [5, 5.41) is 24.1. The zero-order valence-corrected chi connectivity index (χ0v) is 32.0. The number of hydrogen-bond acceptors (Lipinski definition) is 7. The molecule has 53 heavy (non-hydrogen) atoms. The number of amides is 1. The number of rotatable bonds is 9. The van der Waals surface area contributed by atoms with Gasteiger partial charge >= 0.3 is 5.97 Å². The largest absolute Gasteiger partial charge is 0.448 e. The molecule has 1 aromatic carbocycles. The summed E-state index contributed by atoms with van der Waals surface area (Å²) in [4.78, 5) is 44.6. The number of benzene rings is 1. The topological polar surface area (TPSA) is 113 Å². The van der Waals surface area contributed by atoms with Crippen molar-refractivity contribution in [2.75, 3.05) is 26.8 Å². The molecule has 1 amide bonds. The number of fused-ring (bicyclic) bond motifs is 3. The van der Waals surface area contributed by atoms with Crippen LogP contribution in [0.3, 0.4) is 0 Å². The van der Waals surface area contributed by atoms with Gasteiger partial charge in [-0.15, -0.1) is 0 Å². The first-order valence-corrected chi connectivity index (χ1v) is 19.7. The Bertz CT molecular complexity index is 1840. The molecule has 2 spiro atoms. The van der Waals surface area contributed by atoms with E-state index in [4.69, 9.17) is 9.47 Å². The Hall–Kier alpha value is -2.95. The molecule has 1 unspecified atom stereocenters. The minimum absolute atomic E-state index is 0.00960. The highest BCUT2D eigenvalue weighted by Crippen LogP contribution is 2.78. The van der Waals surface area contributed by atoms with Crippen LogP contribution in [0.2, 0.25) is 0 Å². The van der Waals surface area contributed by atoms with E-state index >= 15 is 0 Å². The Labute approximate surface area is 311 Å². The van der Waals surface area contributed by atoms with Crippen molar-refractivity contribution in [2.24, 2.45) is 44.3 Å². The minimum atomic E-state index is -1.34. The maximum atomic E-state index is 14.9. The predicted molar refractivity (Wildman–Crippen MR) is 192 cm³/mol. The van der Waals surface area contributed by atoms with Crippen LogP contribution in [0.4, 0.5) is 8.78 Å². The fourth-order valence-electron chi connectivity index (χ4n) is 13.3. The van der Waals surface area contributed by atoms with Crippen LogP contribution in [-0.4, -0.2) is 76.9 Å². The Kier molecular flexibility index (Phi) is 8.06. The van der Waals surface area contributed by atoms with Gasteiger partial charge < -0.3 is 24.6 Å². The minimum Gasteiger partial charge on any atom is -0.448 e. The van der Waals surface area contributed by atoms with E-state index in [2.05, 4.69) is 26.0 Å². The van der Waals surface area contributed by atoms with Gasteiger partial charge in [0.2, 0.25) is 0 Å². The van der Waals surface area contributed by atoms with E-state index in [1.54, 1.807) is 12.0 Å². The van der Waals surface area contributed by atoms with Gasteiger partial charge in [-0.3, -0.25) is 14.4 Å². The van der Waals surface area contributed by atoms with Crippen LogP contribution in [-0.2, 0) is 19.1 Å². The lowest BCUT2D eigenvalue weighted by atomic mass is 9.32. The van der Waals surface area contributed by atoms with Gasteiger partial charge in [0.15, 0.2) is 23.0 Å². The monoisotopic (exact) mass is 735 g/mol. The van der Waals surface area contributed by atoms with Gasteiger partial charge in [0.25, 0.3) is 5.91 Å². The third-order valence-corrected chi connectivity index (χ3v) is 17.1. The van der Waals surface area contributed by atoms with Gasteiger partial charge in [0.05, 0.1) is 23.7 Å². The Morgan fingerprint density at radius 3 is 2.30 bits per heavy atom. The summed E-state index contributed by atoms with van der Waals surface area (Å²) >= 11 is 0. The lowest BCUT2D eigenvalue weighted by Gasteiger charge is -2.71. The smallest absolute Gasteiger partial charge is 0.313 e. The molecule has 1 aliphatic heterocycles. The number of esters is 1. The number of carbonyl (C=O) groups is 3. The van der Waals surface area contributed by atoms with Crippen LogP contribution in [0.5, 0.6) is 0 Å². The molecule has 8 aliphatic rings. The Morgan fingerprint density at radius 1 is 0.943 bits per heavy atom. The van der Waals surface area contributed by atoms with E-state index in [0.717, 1.165) is 18.6 Å². The average molecular weight is 736 g/mol. The first-order valence-electron chi connectivity index (χ1n) is 19.7. The number of aliphatic hydroxyl groups excluding tert-OH is 1. The first kappa shape index (κ1) is 37.0. The lowest BCUT2D eigenvalue weighted by molar-refractivity contribution is -0.187. The highest BCUT2D eigenvalue weighted by atomic mass is 19.2.